The summed E-state index contributed by atoms with van der Waals surface area (Å²) >= 11 is 2.26. The summed E-state index contributed by atoms with van der Waals surface area (Å²) in [6.07, 6.45) is 3.44. The summed E-state index contributed by atoms with van der Waals surface area (Å²) in [6.45, 7) is 0. The van der Waals surface area contributed by atoms with Crippen molar-refractivity contribution in [3.05, 3.63) is 52.4 Å². The van der Waals surface area contributed by atoms with Gasteiger partial charge in [-0.25, -0.2) is 0 Å². The normalized spacial score (nSPS) is 10.6. The second-order valence-electron chi connectivity index (χ2n) is 4.01. The third kappa shape index (κ3) is 2.33. The van der Waals surface area contributed by atoms with Crippen LogP contribution in [-0.4, -0.2) is 10.1 Å². The summed E-state index contributed by atoms with van der Waals surface area (Å²) in [7, 11) is 0. The summed E-state index contributed by atoms with van der Waals surface area (Å²) < 4.78 is 6.54. The van der Waals surface area contributed by atoms with Crippen LogP contribution < -0.4 is 5.73 Å². The van der Waals surface area contributed by atoms with Crippen molar-refractivity contribution < 1.29 is 4.52 Å². The van der Waals surface area contributed by atoms with Crippen molar-refractivity contribution in [2.45, 2.75) is 0 Å². The summed E-state index contributed by atoms with van der Waals surface area (Å²) in [5.74, 6) is 1.07. The maximum absolute atomic E-state index is 5.91. The van der Waals surface area contributed by atoms with Gasteiger partial charge < -0.3 is 10.3 Å². The number of hydrogen-bond acceptors (Lipinski definition) is 4. The molecular formula is C14H10IN3O. The molecule has 0 aliphatic heterocycles. The fraction of sp³-hybridized carbons (Fsp3) is 0. The van der Waals surface area contributed by atoms with Crippen LogP contribution in [0.1, 0.15) is 0 Å². The number of benzene rings is 1. The lowest BCUT2D eigenvalue weighted by Gasteiger charge is -2.02. The minimum absolute atomic E-state index is 0.389. The minimum Gasteiger partial charge on any atom is -0.380 e. The Morgan fingerprint density at radius 1 is 0.947 bits per heavy atom. The van der Waals surface area contributed by atoms with E-state index >= 15 is 0 Å². The molecule has 0 unspecified atom stereocenters. The molecule has 5 heteroatoms. The zero-order valence-electron chi connectivity index (χ0n) is 9.88. The Labute approximate surface area is 123 Å². The highest BCUT2D eigenvalue weighted by Crippen LogP contribution is 2.36. The van der Waals surface area contributed by atoms with Crippen LogP contribution in [0.4, 0.5) is 5.82 Å². The van der Waals surface area contributed by atoms with E-state index in [1.54, 1.807) is 12.4 Å². The molecule has 0 spiro atoms. The third-order valence-corrected chi connectivity index (χ3v) is 3.51. The largest absolute Gasteiger partial charge is 0.380 e. The molecule has 0 aliphatic carbocycles. The molecule has 3 aromatic rings. The van der Waals surface area contributed by atoms with Crippen LogP contribution in [0.25, 0.3) is 22.5 Å². The maximum atomic E-state index is 5.91. The molecule has 2 heterocycles. The molecule has 0 amide bonds. The average molecular weight is 363 g/mol. The van der Waals surface area contributed by atoms with Crippen molar-refractivity contribution in [3.8, 4) is 22.5 Å². The fourth-order valence-corrected chi connectivity index (χ4v) is 2.26. The predicted octanol–water partition coefficient (Wildman–Crippen LogP) is 3.59. The highest BCUT2D eigenvalue weighted by molar-refractivity contribution is 14.1. The molecule has 94 valence electrons. The van der Waals surface area contributed by atoms with E-state index in [2.05, 4.69) is 32.7 Å². The number of halogens is 1. The first kappa shape index (κ1) is 12.2. The fourth-order valence-electron chi connectivity index (χ4n) is 1.90. The Kier molecular flexibility index (Phi) is 3.20. The summed E-state index contributed by atoms with van der Waals surface area (Å²) in [5, 5.41) is 3.87. The first-order valence-electron chi connectivity index (χ1n) is 5.67. The van der Waals surface area contributed by atoms with Crippen LogP contribution in [0, 0.1) is 3.57 Å². The maximum Gasteiger partial charge on any atom is 0.176 e. The lowest BCUT2D eigenvalue weighted by molar-refractivity contribution is 0.436. The van der Waals surface area contributed by atoms with Crippen LogP contribution in [-0.2, 0) is 0 Å². The van der Waals surface area contributed by atoms with Crippen LogP contribution in [0.5, 0.6) is 0 Å². The van der Waals surface area contributed by atoms with Crippen LogP contribution in [0.3, 0.4) is 0 Å². The lowest BCUT2D eigenvalue weighted by atomic mass is 10.0. The van der Waals surface area contributed by atoms with Gasteiger partial charge in [-0.05, 0) is 52.4 Å². The number of nitrogen functional groups attached to an aromatic ring is 1. The van der Waals surface area contributed by atoms with Crippen LogP contribution in [0.15, 0.2) is 53.3 Å². The number of nitrogens with zero attached hydrogens (tertiary/aromatic N) is 2. The van der Waals surface area contributed by atoms with Gasteiger partial charge in [-0.3, -0.25) is 4.98 Å². The molecule has 0 aliphatic rings. The van der Waals surface area contributed by atoms with Crippen molar-refractivity contribution in [1.82, 2.24) is 10.1 Å². The Morgan fingerprint density at radius 3 is 2.32 bits per heavy atom. The molecule has 0 radical (unpaired) electrons. The highest BCUT2D eigenvalue weighted by Gasteiger charge is 2.17. The average Bonchev–Trinajstić information content (AvgIpc) is 2.82. The Bertz CT molecular complexity index is 692. The molecule has 1 aromatic carbocycles. The molecular weight excluding hydrogens is 353 g/mol. The minimum atomic E-state index is 0.389. The van der Waals surface area contributed by atoms with Crippen molar-refractivity contribution in [1.29, 1.82) is 0 Å². The van der Waals surface area contributed by atoms with Crippen molar-refractivity contribution in [2.75, 3.05) is 5.73 Å². The first-order chi connectivity index (χ1) is 9.25. The molecule has 2 N–H and O–H groups in total. The van der Waals surface area contributed by atoms with E-state index in [1.165, 1.54) is 3.57 Å². The van der Waals surface area contributed by atoms with Gasteiger partial charge in [0.05, 0.1) is 5.56 Å². The van der Waals surface area contributed by atoms with Crippen molar-refractivity contribution >= 4 is 28.4 Å². The summed E-state index contributed by atoms with van der Waals surface area (Å²) in [6, 6.07) is 11.8. The van der Waals surface area contributed by atoms with Gasteiger partial charge in [0, 0.05) is 21.5 Å². The van der Waals surface area contributed by atoms with Gasteiger partial charge >= 0.3 is 0 Å². The predicted molar refractivity (Wildman–Crippen MR) is 82.3 cm³/mol. The molecule has 2 aromatic heterocycles. The van der Waals surface area contributed by atoms with E-state index in [0.29, 0.717) is 11.6 Å². The van der Waals surface area contributed by atoms with Crippen molar-refractivity contribution in [2.24, 2.45) is 0 Å². The van der Waals surface area contributed by atoms with E-state index in [-0.39, 0.29) is 0 Å². The van der Waals surface area contributed by atoms with E-state index in [0.717, 1.165) is 16.7 Å². The number of nitrogens with two attached hydrogens (primary N) is 1. The number of anilines is 1. The quantitative estimate of drug-likeness (QED) is 0.707. The van der Waals surface area contributed by atoms with Gasteiger partial charge in [0.25, 0.3) is 0 Å². The van der Waals surface area contributed by atoms with E-state index in [9.17, 15) is 0 Å². The number of aromatic nitrogens is 2. The SMILES string of the molecule is Nc1noc(-c2ccc(I)cc2)c1-c1ccncc1. The molecule has 0 saturated carbocycles. The van der Waals surface area contributed by atoms with Gasteiger partial charge in [-0.1, -0.05) is 17.3 Å². The van der Waals surface area contributed by atoms with Gasteiger partial charge in [-0.2, -0.15) is 0 Å². The molecule has 0 fully saturated rings. The van der Waals surface area contributed by atoms with Gasteiger partial charge in [0.1, 0.15) is 0 Å². The van der Waals surface area contributed by atoms with E-state index < -0.39 is 0 Å². The molecule has 0 bridgehead atoms. The second-order valence-corrected chi connectivity index (χ2v) is 5.26. The Hall–Kier alpha value is -1.89. The highest BCUT2D eigenvalue weighted by atomic mass is 127. The third-order valence-electron chi connectivity index (χ3n) is 2.79. The second kappa shape index (κ2) is 5.00. The molecule has 3 rings (SSSR count). The zero-order chi connectivity index (χ0) is 13.2. The van der Waals surface area contributed by atoms with Gasteiger partial charge in [0.2, 0.25) is 0 Å². The summed E-state index contributed by atoms with van der Waals surface area (Å²) in [4.78, 5) is 4.01. The first-order valence-corrected chi connectivity index (χ1v) is 6.75. The Morgan fingerprint density at radius 2 is 1.63 bits per heavy atom. The van der Waals surface area contributed by atoms with Crippen LogP contribution in [0.2, 0.25) is 0 Å². The Balaban J connectivity index is 2.16. The topological polar surface area (TPSA) is 64.9 Å². The molecule has 0 saturated heterocycles. The van der Waals surface area contributed by atoms with Crippen LogP contribution >= 0.6 is 22.6 Å². The van der Waals surface area contributed by atoms with E-state index in [1.807, 2.05) is 36.4 Å². The monoisotopic (exact) mass is 363 g/mol. The molecule has 0 atom stereocenters. The van der Waals surface area contributed by atoms with E-state index in [4.69, 9.17) is 10.3 Å². The molecule has 4 nitrogen and oxygen atoms in total. The molecule has 19 heavy (non-hydrogen) atoms. The summed E-state index contributed by atoms with van der Waals surface area (Å²) in [5.41, 5.74) is 8.62. The number of rotatable bonds is 2. The van der Waals surface area contributed by atoms with Crippen molar-refractivity contribution in [3.63, 3.8) is 0 Å². The van der Waals surface area contributed by atoms with Gasteiger partial charge in [-0.15, -0.1) is 0 Å². The smallest absolute Gasteiger partial charge is 0.176 e. The zero-order valence-corrected chi connectivity index (χ0v) is 12.0. The lowest BCUT2D eigenvalue weighted by Crippen LogP contribution is -1.89. The number of hydrogen-bond donors (Lipinski definition) is 1. The number of pyridine rings is 1. The van der Waals surface area contributed by atoms with Gasteiger partial charge in [0.15, 0.2) is 11.6 Å². The standard InChI is InChI=1S/C14H10IN3O/c15-11-3-1-10(2-4-11)13-12(14(16)18-19-13)9-5-7-17-8-6-9/h1-8H,(H2,16,18).